The van der Waals surface area contributed by atoms with Crippen molar-refractivity contribution in [2.45, 2.75) is 31.8 Å². The highest BCUT2D eigenvalue weighted by molar-refractivity contribution is 5.77. The maximum Gasteiger partial charge on any atom is 0.224 e. The Morgan fingerprint density at radius 3 is 2.96 bits per heavy atom. The number of carbonyl (C=O) groups excluding carboxylic acids is 1. The molecule has 1 fully saturated rings. The number of aromatic amines is 1. The Labute approximate surface area is 145 Å². The second-order valence-corrected chi connectivity index (χ2v) is 6.20. The van der Waals surface area contributed by atoms with Crippen molar-refractivity contribution in [1.82, 2.24) is 29.9 Å². The van der Waals surface area contributed by atoms with E-state index in [2.05, 4.69) is 20.3 Å². The number of hydrogen-bond donors (Lipinski definition) is 1. The molecule has 4 heterocycles. The lowest BCUT2D eigenvalue weighted by atomic mass is 10.0. The van der Waals surface area contributed by atoms with Crippen LogP contribution in [0.15, 0.2) is 49.2 Å². The first kappa shape index (κ1) is 15.6. The van der Waals surface area contributed by atoms with Gasteiger partial charge in [-0.1, -0.05) is 0 Å². The molecule has 1 aliphatic rings. The van der Waals surface area contributed by atoms with E-state index in [-0.39, 0.29) is 11.9 Å². The van der Waals surface area contributed by atoms with E-state index in [1.54, 1.807) is 23.3 Å². The molecule has 1 amide bonds. The molecule has 3 aromatic rings. The van der Waals surface area contributed by atoms with Crippen LogP contribution in [0.2, 0.25) is 0 Å². The summed E-state index contributed by atoms with van der Waals surface area (Å²) in [4.78, 5) is 18.8. The number of nitrogens with one attached hydrogen (secondary N) is 1. The highest BCUT2D eigenvalue weighted by Gasteiger charge is 2.32. The molecule has 1 atom stereocenters. The highest BCUT2D eigenvalue weighted by atomic mass is 16.2. The summed E-state index contributed by atoms with van der Waals surface area (Å²) in [5, 5.41) is 11.5. The molecular formula is C18H20N6O. The van der Waals surface area contributed by atoms with Gasteiger partial charge in [-0.3, -0.25) is 19.6 Å². The van der Waals surface area contributed by atoms with E-state index in [4.69, 9.17) is 0 Å². The molecule has 0 unspecified atom stereocenters. The molecule has 4 rings (SSSR count). The predicted molar refractivity (Wildman–Crippen MR) is 92.4 cm³/mol. The van der Waals surface area contributed by atoms with Gasteiger partial charge >= 0.3 is 0 Å². The lowest BCUT2D eigenvalue weighted by molar-refractivity contribution is -0.132. The summed E-state index contributed by atoms with van der Waals surface area (Å²) < 4.78 is 1.79. The van der Waals surface area contributed by atoms with Crippen molar-refractivity contribution < 1.29 is 4.79 Å². The van der Waals surface area contributed by atoms with Gasteiger partial charge in [-0.2, -0.15) is 10.2 Å². The first-order valence-electron chi connectivity index (χ1n) is 8.53. The van der Waals surface area contributed by atoms with Crippen LogP contribution >= 0.6 is 0 Å². The van der Waals surface area contributed by atoms with Gasteiger partial charge in [0.1, 0.15) is 0 Å². The van der Waals surface area contributed by atoms with Crippen LogP contribution in [-0.4, -0.2) is 42.3 Å². The minimum atomic E-state index is 0.0517. The monoisotopic (exact) mass is 336 g/mol. The maximum absolute atomic E-state index is 12.7. The van der Waals surface area contributed by atoms with E-state index in [1.165, 1.54) is 0 Å². The fraction of sp³-hybridized carbons (Fsp3) is 0.333. The number of H-pyrrole nitrogens is 1. The van der Waals surface area contributed by atoms with Gasteiger partial charge in [0.05, 0.1) is 17.9 Å². The van der Waals surface area contributed by atoms with Crippen LogP contribution in [0.4, 0.5) is 0 Å². The number of nitrogens with zero attached hydrogens (tertiary/aromatic N) is 5. The molecule has 25 heavy (non-hydrogen) atoms. The molecule has 0 radical (unpaired) electrons. The number of aromatic nitrogens is 5. The molecule has 0 saturated carbocycles. The number of amides is 1. The maximum atomic E-state index is 12.7. The number of rotatable bonds is 5. The third kappa shape index (κ3) is 3.17. The van der Waals surface area contributed by atoms with Gasteiger partial charge in [0.2, 0.25) is 5.91 Å². The van der Waals surface area contributed by atoms with Crippen molar-refractivity contribution in [3.8, 4) is 11.1 Å². The molecular weight excluding hydrogens is 316 g/mol. The summed E-state index contributed by atoms with van der Waals surface area (Å²) in [6, 6.07) is 5.85. The van der Waals surface area contributed by atoms with Crippen LogP contribution in [0.5, 0.6) is 0 Å². The summed E-state index contributed by atoms with van der Waals surface area (Å²) in [6.45, 7) is 1.40. The van der Waals surface area contributed by atoms with Crippen molar-refractivity contribution in [3.05, 3.63) is 54.9 Å². The Bertz CT molecular complexity index is 826. The van der Waals surface area contributed by atoms with Crippen molar-refractivity contribution >= 4 is 5.91 Å². The fourth-order valence-corrected chi connectivity index (χ4v) is 3.46. The molecule has 3 aromatic heterocycles. The van der Waals surface area contributed by atoms with Crippen LogP contribution < -0.4 is 0 Å². The van der Waals surface area contributed by atoms with Crippen LogP contribution in [-0.2, 0) is 11.3 Å². The Balaban J connectivity index is 1.52. The van der Waals surface area contributed by atoms with Crippen molar-refractivity contribution in [2.24, 2.45) is 0 Å². The van der Waals surface area contributed by atoms with E-state index in [0.717, 1.165) is 36.2 Å². The largest absolute Gasteiger partial charge is 0.334 e. The summed E-state index contributed by atoms with van der Waals surface area (Å²) in [7, 11) is 0. The molecule has 128 valence electrons. The summed E-state index contributed by atoms with van der Waals surface area (Å²) >= 11 is 0. The number of aryl methyl sites for hydroxylation is 1. The molecule has 0 aliphatic carbocycles. The molecule has 1 N–H and O–H groups in total. The average Bonchev–Trinajstić information content (AvgIpc) is 3.41. The predicted octanol–water partition coefficient (Wildman–Crippen LogP) is 2.42. The van der Waals surface area contributed by atoms with Gasteiger partial charge in [-0.15, -0.1) is 0 Å². The molecule has 7 nitrogen and oxygen atoms in total. The lowest BCUT2D eigenvalue weighted by Gasteiger charge is -2.25. The van der Waals surface area contributed by atoms with Crippen LogP contribution in [0.25, 0.3) is 11.1 Å². The van der Waals surface area contributed by atoms with Crippen molar-refractivity contribution in [3.63, 3.8) is 0 Å². The van der Waals surface area contributed by atoms with E-state index in [9.17, 15) is 4.79 Å². The van der Waals surface area contributed by atoms with Crippen LogP contribution in [0, 0.1) is 0 Å². The summed E-state index contributed by atoms with van der Waals surface area (Å²) in [5.41, 5.74) is 3.12. The topological polar surface area (TPSA) is 79.7 Å². The van der Waals surface area contributed by atoms with Crippen molar-refractivity contribution in [1.29, 1.82) is 0 Å². The van der Waals surface area contributed by atoms with Gasteiger partial charge in [-0.05, 0) is 36.6 Å². The minimum absolute atomic E-state index is 0.0517. The third-order valence-corrected chi connectivity index (χ3v) is 4.68. The smallest absolute Gasteiger partial charge is 0.224 e. The molecule has 1 saturated heterocycles. The SMILES string of the molecule is O=C(CCn1cccn1)N1CCC[C@@H]1c1[nH]ncc1-c1ccncc1. The Morgan fingerprint density at radius 1 is 1.28 bits per heavy atom. The Hall–Kier alpha value is -2.96. The molecule has 1 aliphatic heterocycles. The van der Waals surface area contributed by atoms with Gasteiger partial charge in [0.15, 0.2) is 0 Å². The zero-order chi connectivity index (χ0) is 17.1. The number of carbonyl (C=O) groups is 1. The van der Waals surface area contributed by atoms with Gasteiger partial charge in [-0.25, -0.2) is 0 Å². The van der Waals surface area contributed by atoms with E-state index < -0.39 is 0 Å². The highest BCUT2D eigenvalue weighted by Crippen LogP contribution is 2.36. The van der Waals surface area contributed by atoms with E-state index in [1.807, 2.05) is 35.5 Å². The summed E-state index contributed by atoms with van der Waals surface area (Å²) in [5.74, 6) is 0.160. The Kier molecular flexibility index (Phi) is 4.28. The fourth-order valence-electron chi connectivity index (χ4n) is 3.46. The van der Waals surface area contributed by atoms with E-state index >= 15 is 0 Å². The van der Waals surface area contributed by atoms with Gasteiger partial charge in [0.25, 0.3) is 0 Å². The number of likely N-dealkylation sites (tertiary alicyclic amines) is 1. The third-order valence-electron chi connectivity index (χ3n) is 4.68. The number of hydrogen-bond acceptors (Lipinski definition) is 4. The Morgan fingerprint density at radius 2 is 2.16 bits per heavy atom. The first-order chi connectivity index (χ1) is 12.3. The standard InChI is InChI=1S/C18H20N6O/c25-17(6-12-23-10-2-7-21-23)24-11-1-3-16(24)18-15(13-20-22-18)14-4-8-19-9-5-14/h2,4-5,7-10,13,16H,1,3,6,11-12H2,(H,20,22)/t16-/m1/s1. The zero-order valence-electron chi connectivity index (χ0n) is 13.9. The quantitative estimate of drug-likeness (QED) is 0.776. The lowest BCUT2D eigenvalue weighted by Crippen LogP contribution is -2.31. The second-order valence-electron chi connectivity index (χ2n) is 6.20. The van der Waals surface area contributed by atoms with Gasteiger partial charge < -0.3 is 4.90 Å². The van der Waals surface area contributed by atoms with Crippen LogP contribution in [0.3, 0.4) is 0 Å². The normalized spacial score (nSPS) is 17.1. The summed E-state index contributed by atoms with van der Waals surface area (Å²) in [6.07, 6.45) is 11.4. The first-order valence-corrected chi connectivity index (χ1v) is 8.53. The second kappa shape index (κ2) is 6.88. The zero-order valence-corrected chi connectivity index (χ0v) is 13.9. The molecule has 0 spiro atoms. The molecule has 0 bridgehead atoms. The number of pyridine rings is 1. The van der Waals surface area contributed by atoms with Crippen molar-refractivity contribution in [2.75, 3.05) is 6.54 Å². The van der Waals surface area contributed by atoms with Gasteiger partial charge in [0, 0.05) is 49.9 Å². The average molecular weight is 336 g/mol. The minimum Gasteiger partial charge on any atom is -0.334 e. The van der Waals surface area contributed by atoms with E-state index in [0.29, 0.717) is 13.0 Å². The molecule has 7 heteroatoms. The molecule has 0 aromatic carbocycles. The van der Waals surface area contributed by atoms with Crippen LogP contribution in [0.1, 0.15) is 31.0 Å².